The number of rotatable bonds is 2. The summed E-state index contributed by atoms with van der Waals surface area (Å²) >= 11 is 3.33. The van der Waals surface area contributed by atoms with Gasteiger partial charge in [-0.2, -0.15) is 5.26 Å². The summed E-state index contributed by atoms with van der Waals surface area (Å²) in [5.74, 6) is 0. The Hall–Kier alpha value is -0.850. The molecule has 0 spiro atoms. The second kappa shape index (κ2) is 4.40. The monoisotopic (exact) mass is 239 g/mol. The van der Waals surface area contributed by atoms with Crippen LogP contribution in [-0.2, 0) is 0 Å². The van der Waals surface area contributed by atoms with E-state index in [1.807, 2.05) is 31.2 Å². The van der Waals surface area contributed by atoms with E-state index in [1.165, 1.54) is 0 Å². The van der Waals surface area contributed by atoms with Crippen molar-refractivity contribution in [2.45, 2.75) is 19.4 Å². The third kappa shape index (κ3) is 2.55. The Labute approximate surface area is 85.9 Å². The summed E-state index contributed by atoms with van der Waals surface area (Å²) in [5, 5.41) is 18.0. The number of halogens is 1. The van der Waals surface area contributed by atoms with Gasteiger partial charge in [-0.1, -0.05) is 33.6 Å². The van der Waals surface area contributed by atoms with Gasteiger partial charge in [0.15, 0.2) is 0 Å². The Balaban J connectivity index is 3.00. The number of aliphatic hydroxyl groups excluding tert-OH is 1. The van der Waals surface area contributed by atoms with Gasteiger partial charge in [0.05, 0.1) is 18.6 Å². The van der Waals surface area contributed by atoms with Crippen molar-refractivity contribution in [2.24, 2.45) is 0 Å². The summed E-state index contributed by atoms with van der Waals surface area (Å²) in [5.41, 5.74) is 1.86. The highest BCUT2D eigenvalue weighted by Crippen LogP contribution is 2.26. The lowest BCUT2D eigenvalue weighted by Gasteiger charge is -2.09. The van der Waals surface area contributed by atoms with E-state index < -0.39 is 6.10 Å². The van der Waals surface area contributed by atoms with Crippen LogP contribution in [0.3, 0.4) is 0 Å². The van der Waals surface area contributed by atoms with E-state index >= 15 is 0 Å². The van der Waals surface area contributed by atoms with Gasteiger partial charge in [0.2, 0.25) is 0 Å². The van der Waals surface area contributed by atoms with Crippen molar-refractivity contribution in [1.29, 1.82) is 5.26 Å². The largest absolute Gasteiger partial charge is 0.387 e. The number of nitrogens with zero attached hydrogens (tertiary/aromatic N) is 1. The molecule has 1 N–H and O–H groups in total. The lowest BCUT2D eigenvalue weighted by molar-refractivity contribution is 0.182. The number of aliphatic hydroxyl groups is 1. The van der Waals surface area contributed by atoms with Crippen LogP contribution in [0.5, 0.6) is 0 Å². The van der Waals surface area contributed by atoms with Gasteiger partial charge in [-0.25, -0.2) is 0 Å². The van der Waals surface area contributed by atoms with Gasteiger partial charge in [-0.05, 0) is 18.6 Å². The highest BCUT2D eigenvalue weighted by molar-refractivity contribution is 9.10. The minimum absolute atomic E-state index is 0.127. The van der Waals surface area contributed by atoms with E-state index in [-0.39, 0.29) is 6.42 Å². The normalized spacial score (nSPS) is 12.2. The number of hydrogen-bond acceptors (Lipinski definition) is 2. The molecule has 0 aliphatic heterocycles. The number of hydrogen-bond donors (Lipinski definition) is 1. The fourth-order valence-corrected chi connectivity index (χ4v) is 1.63. The first kappa shape index (κ1) is 10.2. The fourth-order valence-electron chi connectivity index (χ4n) is 1.11. The summed E-state index contributed by atoms with van der Waals surface area (Å²) in [6.45, 7) is 1.95. The molecule has 1 unspecified atom stereocenters. The van der Waals surface area contributed by atoms with Gasteiger partial charge < -0.3 is 5.11 Å². The standard InChI is InChI=1S/C10H10BrNO/c1-7-2-3-9(11)8(6-7)10(13)4-5-12/h2-3,6,10,13H,4H2,1H3. The van der Waals surface area contributed by atoms with E-state index in [0.29, 0.717) is 0 Å². The molecular formula is C10H10BrNO. The van der Waals surface area contributed by atoms with E-state index in [2.05, 4.69) is 15.9 Å². The van der Waals surface area contributed by atoms with Crippen molar-refractivity contribution < 1.29 is 5.11 Å². The van der Waals surface area contributed by atoms with Crippen LogP contribution in [0.1, 0.15) is 23.7 Å². The molecule has 0 saturated carbocycles. The molecule has 68 valence electrons. The molecular weight excluding hydrogens is 230 g/mol. The van der Waals surface area contributed by atoms with Crippen LogP contribution in [0, 0.1) is 18.3 Å². The molecule has 0 heterocycles. The van der Waals surface area contributed by atoms with Crippen LogP contribution in [0.25, 0.3) is 0 Å². The molecule has 0 bridgehead atoms. The first-order chi connectivity index (χ1) is 6.15. The van der Waals surface area contributed by atoms with Crippen LogP contribution in [0.15, 0.2) is 22.7 Å². The Morgan fingerprint density at radius 3 is 2.92 bits per heavy atom. The average molecular weight is 240 g/mol. The van der Waals surface area contributed by atoms with Crippen molar-refractivity contribution in [2.75, 3.05) is 0 Å². The molecule has 1 aromatic carbocycles. The van der Waals surface area contributed by atoms with E-state index in [9.17, 15) is 5.11 Å². The Bertz CT molecular complexity index is 343. The van der Waals surface area contributed by atoms with Crippen molar-refractivity contribution >= 4 is 15.9 Å². The number of benzene rings is 1. The zero-order valence-electron chi connectivity index (χ0n) is 7.29. The zero-order chi connectivity index (χ0) is 9.84. The van der Waals surface area contributed by atoms with Gasteiger partial charge in [-0.3, -0.25) is 0 Å². The Kier molecular flexibility index (Phi) is 3.47. The zero-order valence-corrected chi connectivity index (χ0v) is 8.87. The van der Waals surface area contributed by atoms with E-state index in [1.54, 1.807) is 0 Å². The maximum absolute atomic E-state index is 9.57. The minimum Gasteiger partial charge on any atom is -0.387 e. The molecule has 1 atom stereocenters. The van der Waals surface area contributed by atoms with Gasteiger partial charge >= 0.3 is 0 Å². The van der Waals surface area contributed by atoms with Crippen LogP contribution in [-0.4, -0.2) is 5.11 Å². The molecule has 0 aliphatic rings. The van der Waals surface area contributed by atoms with E-state index in [4.69, 9.17) is 5.26 Å². The predicted octanol–water partition coefficient (Wildman–Crippen LogP) is 2.70. The third-order valence-electron chi connectivity index (χ3n) is 1.80. The Morgan fingerprint density at radius 2 is 2.31 bits per heavy atom. The Morgan fingerprint density at radius 1 is 1.62 bits per heavy atom. The molecule has 1 aromatic rings. The molecule has 3 heteroatoms. The van der Waals surface area contributed by atoms with Crippen LogP contribution in [0.4, 0.5) is 0 Å². The maximum Gasteiger partial charge on any atom is 0.0930 e. The van der Waals surface area contributed by atoms with Crippen molar-refractivity contribution in [3.8, 4) is 6.07 Å². The van der Waals surface area contributed by atoms with Crippen molar-refractivity contribution in [3.63, 3.8) is 0 Å². The first-order valence-electron chi connectivity index (χ1n) is 3.96. The molecule has 1 rings (SSSR count). The molecule has 0 amide bonds. The highest BCUT2D eigenvalue weighted by atomic mass is 79.9. The summed E-state index contributed by atoms with van der Waals surface area (Å²) < 4.78 is 0.848. The summed E-state index contributed by atoms with van der Waals surface area (Å²) in [7, 11) is 0. The molecule has 0 fully saturated rings. The summed E-state index contributed by atoms with van der Waals surface area (Å²) in [6, 6.07) is 7.65. The van der Waals surface area contributed by atoms with Gasteiger partial charge in [0.25, 0.3) is 0 Å². The predicted molar refractivity (Wildman–Crippen MR) is 54.1 cm³/mol. The van der Waals surface area contributed by atoms with Crippen molar-refractivity contribution in [3.05, 3.63) is 33.8 Å². The van der Waals surface area contributed by atoms with Crippen LogP contribution < -0.4 is 0 Å². The number of aryl methyl sites for hydroxylation is 1. The minimum atomic E-state index is -0.695. The molecule has 2 nitrogen and oxygen atoms in total. The highest BCUT2D eigenvalue weighted by Gasteiger charge is 2.10. The summed E-state index contributed by atoms with van der Waals surface area (Å²) in [4.78, 5) is 0. The quantitative estimate of drug-likeness (QED) is 0.863. The third-order valence-corrected chi connectivity index (χ3v) is 2.52. The maximum atomic E-state index is 9.57. The second-order valence-electron chi connectivity index (χ2n) is 2.90. The molecule has 0 saturated heterocycles. The molecule has 0 aliphatic carbocycles. The number of nitriles is 1. The average Bonchev–Trinajstić information content (AvgIpc) is 2.09. The van der Waals surface area contributed by atoms with Gasteiger partial charge in [-0.15, -0.1) is 0 Å². The van der Waals surface area contributed by atoms with E-state index in [0.717, 1.165) is 15.6 Å². The SMILES string of the molecule is Cc1ccc(Br)c(C(O)CC#N)c1. The second-order valence-corrected chi connectivity index (χ2v) is 3.76. The molecule has 13 heavy (non-hydrogen) atoms. The first-order valence-corrected chi connectivity index (χ1v) is 4.75. The lowest BCUT2D eigenvalue weighted by atomic mass is 10.1. The van der Waals surface area contributed by atoms with Crippen molar-refractivity contribution in [1.82, 2.24) is 0 Å². The van der Waals surface area contributed by atoms with Crippen LogP contribution in [0.2, 0.25) is 0 Å². The van der Waals surface area contributed by atoms with Gasteiger partial charge in [0.1, 0.15) is 0 Å². The smallest absolute Gasteiger partial charge is 0.0930 e. The summed E-state index contributed by atoms with van der Waals surface area (Å²) in [6.07, 6.45) is -0.568. The fraction of sp³-hybridized carbons (Fsp3) is 0.300. The molecule has 0 radical (unpaired) electrons. The van der Waals surface area contributed by atoms with Crippen LogP contribution >= 0.6 is 15.9 Å². The molecule has 0 aromatic heterocycles. The van der Waals surface area contributed by atoms with Gasteiger partial charge in [0, 0.05) is 4.47 Å². The topological polar surface area (TPSA) is 44.0 Å². The lowest BCUT2D eigenvalue weighted by Crippen LogP contribution is -1.97.